The van der Waals surface area contributed by atoms with Gasteiger partial charge in [0.1, 0.15) is 18.9 Å². The fourth-order valence-corrected chi connectivity index (χ4v) is 4.64. The molecule has 0 amide bonds. The van der Waals surface area contributed by atoms with Crippen LogP contribution in [-0.2, 0) is 4.79 Å². The molecule has 1 rings (SSSR count). The van der Waals surface area contributed by atoms with Gasteiger partial charge in [0, 0.05) is 13.3 Å². The van der Waals surface area contributed by atoms with Gasteiger partial charge in [-0.1, -0.05) is 96.1 Å². The van der Waals surface area contributed by atoms with Crippen LogP contribution in [0.1, 0.15) is 129 Å². The van der Waals surface area contributed by atoms with E-state index in [2.05, 4.69) is 24.1 Å². The number of aliphatic imine (C=N–C) groups is 1. The van der Waals surface area contributed by atoms with Gasteiger partial charge in [-0.05, 0) is 32.1 Å². The predicted molar refractivity (Wildman–Crippen MR) is 138 cm³/mol. The van der Waals surface area contributed by atoms with Crippen LogP contribution in [-0.4, -0.2) is 29.0 Å². The van der Waals surface area contributed by atoms with Crippen LogP contribution in [0.3, 0.4) is 0 Å². The molecule has 5 nitrogen and oxygen atoms in total. The molecule has 5 heteroatoms. The third kappa shape index (κ3) is 13.1. The lowest BCUT2D eigenvalue weighted by atomic mass is 10.1. The SMILES string of the molecule is CCCCCCCCC/C=C/CCCCCCCCCCC1=NC=C[N+]1(CC(=O)[O-])C(C)N. The van der Waals surface area contributed by atoms with E-state index < -0.39 is 5.97 Å². The summed E-state index contributed by atoms with van der Waals surface area (Å²) in [5.41, 5.74) is 6.09. The maximum atomic E-state index is 11.2. The molecule has 2 unspecified atom stereocenters. The molecule has 0 aliphatic carbocycles. The molecule has 190 valence electrons. The molecular weight excluding hydrogens is 410 g/mol. The summed E-state index contributed by atoms with van der Waals surface area (Å²) in [5.74, 6) is -0.232. The van der Waals surface area contributed by atoms with E-state index in [1.807, 2.05) is 6.92 Å². The first-order valence-corrected chi connectivity index (χ1v) is 13.8. The summed E-state index contributed by atoms with van der Waals surface area (Å²) < 4.78 is 0.107. The van der Waals surface area contributed by atoms with Crippen molar-refractivity contribution in [3.8, 4) is 0 Å². The molecule has 1 heterocycles. The Balaban J connectivity index is 1.94. The molecule has 2 atom stereocenters. The van der Waals surface area contributed by atoms with Crippen molar-refractivity contribution in [3.63, 3.8) is 0 Å². The second kappa shape index (κ2) is 18.9. The van der Waals surface area contributed by atoms with Crippen LogP contribution in [0.2, 0.25) is 0 Å². The van der Waals surface area contributed by atoms with Crippen LogP contribution in [0.25, 0.3) is 0 Å². The van der Waals surface area contributed by atoms with Gasteiger partial charge in [-0.3, -0.25) is 5.73 Å². The normalized spacial score (nSPS) is 18.8. The zero-order valence-corrected chi connectivity index (χ0v) is 21.6. The Morgan fingerprint density at radius 1 is 0.909 bits per heavy atom. The first kappa shape index (κ1) is 29.6. The molecule has 2 N–H and O–H groups in total. The maximum Gasteiger partial charge on any atom is 0.209 e. The Labute approximate surface area is 203 Å². The van der Waals surface area contributed by atoms with Crippen molar-refractivity contribution in [2.45, 2.75) is 136 Å². The Morgan fingerprint density at radius 3 is 1.88 bits per heavy atom. The second-order valence-electron chi connectivity index (χ2n) is 9.79. The van der Waals surface area contributed by atoms with Crippen molar-refractivity contribution >= 4 is 11.8 Å². The summed E-state index contributed by atoms with van der Waals surface area (Å²) in [5, 5.41) is 11.2. The van der Waals surface area contributed by atoms with Crippen molar-refractivity contribution in [2.75, 3.05) is 6.54 Å². The number of hydrogen-bond acceptors (Lipinski definition) is 4. The molecule has 0 radical (unpaired) electrons. The topological polar surface area (TPSA) is 78.5 Å². The number of quaternary nitrogens is 1. The van der Waals surface area contributed by atoms with Crippen LogP contribution in [0.5, 0.6) is 0 Å². The van der Waals surface area contributed by atoms with Gasteiger partial charge in [-0.2, -0.15) is 0 Å². The minimum atomic E-state index is -1.09. The van der Waals surface area contributed by atoms with E-state index in [4.69, 9.17) is 5.73 Å². The maximum absolute atomic E-state index is 11.2. The highest BCUT2D eigenvalue weighted by Crippen LogP contribution is 2.23. The summed E-state index contributed by atoms with van der Waals surface area (Å²) in [6.45, 7) is 3.97. The largest absolute Gasteiger partial charge is 0.544 e. The summed E-state index contributed by atoms with van der Waals surface area (Å²) in [6.07, 6.45) is 30.9. The van der Waals surface area contributed by atoms with Gasteiger partial charge in [0.2, 0.25) is 5.84 Å². The Hall–Kier alpha value is -1.46. The van der Waals surface area contributed by atoms with E-state index in [0.717, 1.165) is 25.1 Å². The highest BCUT2D eigenvalue weighted by Gasteiger charge is 2.38. The van der Waals surface area contributed by atoms with Crippen molar-refractivity contribution in [1.29, 1.82) is 0 Å². The molecule has 0 aromatic rings. The highest BCUT2D eigenvalue weighted by atomic mass is 16.4. The second-order valence-corrected chi connectivity index (χ2v) is 9.79. The monoisotopic (exact) mass is 461 g/mol. The van der Waals surface area contributed by atoms with Gasteiger partial charge in [0.15, 0.2) is 0 Å². The van der Waals surface area contributed by atoms with Crippen LogP contribution >= 0.6 is 0 Å². The number of nitrogens with zero attached hydrogens (tertiary/aromatic N) is 2. The first-order valence-electron chi connectivity index (χ1n) is 13.8. The highest BCUT2D eigenvalue weighted by molar-refractivity contribution is 5.81. The number of aliphatic carboxylic acids is 1. The van der Waals surface area contributed by atoms with Gasteiger partial charge in [-0.15, -0.1) is 0 Å². The molecule has 0 spiro atoms. The van der Waals surface area contributed by atoms with Crippen molar-refractivity contribution < 1.29 is 14.4 Å². The number of hydrogen-bond donors (Lipinski definition) is 1. The molecule has 0 bridgehead atoms. The lowest BCUT2D eigenvalue weighted by Gasteiger charge is -2.36. The van der Waals surface area contributed by atoms with Gasteiger partial charge in [0.05, 0.1) is 12.2 Å². The molecule has 0 aromatic heterocycles. The number of carbonyl (C=O) groups is 1. The Kier molecular flexibility index (Phi) is 16.9. The lowest BCUT2D eigenvalue weighted by Crippen LogP contribution is -2.60. The molecule has 33 heavy (non-hydrogen) atoms. The van der Waals surface area contributed by atoms with E-state index in [9.17, 15) is 9.90 Å². The van der Waals surface area contributed by atoms with Crippen LogP contribution in [0, 0.1) is 0 Å². The van der Waals surface area contributed by atoms with E-state index in [-0.39, 0.29) is 17.2 Å². The van der Waals surface area contributed by atoms with E-state index in [1.165, 1.54) is 96.3 Å². The third-order valence-electron chi connectivity index (χ3n) is 6.82. The van der Waals surface area contributed by atoms with Crippen LogP contribution in [0.15, 0.2) is 29.5 Å². The molecule has 0 saturated carbocycles. The molecular formula is C28H51N3O2. The summed E-state index contributed by atoms with van der Waals surface area (Å²) in [4.78, 5) is 15.6. The number of allylic oxidation sites excluding steroid dienone is 2. The number of rotatable bonds is 22. The number of carbonyl (C=O) groups excluding carboxylic acids is 1. The van der Waals surface area contributed by atoms with Gasteiger partial charge in [0.25, 0.3) is 0 Å². The third-order valence-corrected chi connectivity index (χ3v) is 6.82. The average molecular weight is 462 g/mol. The number of amidine groups is 1. The summed E-state index contributed by atoms with van der Waals surface area (Å²) in [7, 11) is 0. The van der Waals surface area contributed by atoms with Crippen molar-refractivity contribution in [3.05, 3.63) is 24.6 Å². The molecule has 1 aliphatic heterocycles. The lowest BCUT2D eigenvalue weighted by molar-refractivity contribution is -0.808. The van der Waals surface area contributed by atoms with E-state index in [1.54, 1.807) is 12.4 Å². The van der Waals surface area contributed by atoms with Crippen LogP contribution in [0.4, 0.5) is 0 Å². The van der Waals surface area contributed by atoms with E-state index in [0.29, 0.717) is 0 Å². The fraction of sp³-hybridized carbons (Fsp3) is 0.786. The van der Waals surface area contributed by atoms with Crippen LogP contribution < -0.4 is 10.8 Å². The molecule has 1 aliphatic rings. The van der Waals surface area contributed by atoms with Crippen molar-refractivity contribution in [1.82, 2.24) is 0 Å². The quantitative estimate of drug-likeness (QED) is 0.116. The van der Waals surface area contributed by atoms with Gasteiger partial charge in [-0.25, -0.2) is 9.48 Å². The standard InChI is InChI=1S/C28H51N3O2/c1-3-4-5-6-7-8-9-10-11-12-13-14-15-16-17-18-19-20-21-22-27-30-23-24-31(27,26(2)29)25-28(32)33/h11-12,23-24,26H,3-10,13-22,25,29H2,1-2H3/b12-11+. The van der Waals surface area contributed by atoms with Crippen molar-refractivity contribution in [2.24, 2.45) is 10.7 Å². The minimum absolute atomic E-state index is 0.107. The first-order chi connectivity index (χ1) is 16.0. The zero-order chi connectivity index (χ0) is 24.2. The fourth-order valence-electron chi connectivity index (χ4n) is 4.64. The number of unbranched alkanes of at least 4 members (excludes halogenated alkanes) is 15. The molecule has 0 aromatic carbocycles. The smallest absolute Gasteiger partial charge is 0.209 e. The number of carboxylic acids is 1. The van der Waals surface area contributed by atoms with Gasteiger partial charge < -0.3 is 9.90 Å². The molecule has 0 fully saturated rings. The summed E-state index contributed by atoms with van der Waals surface area (Å²) in [6, 6.07) is 0. The number of nitrogens with two attached hydrogens (primary N) is 1. The minimum Gasteiger partial charge on any atom is -0.544 e. The molecule has 0 saturated heterocycles. The number of carboxylic acid groups (broad SMARTS) is 1. The van der Waals surface area contributed by atoms with E-state index >= 15 is 0 Å². The Morgan fingerprint density at radius 2 is 1.39 bits per heavy atom. The predicted octanol–water partition coefficient (Wildman–Crippen LogP) is 6.34. The zero-order valence-electron chi connectivity index (χ0n) is 21.6. The Bertz CT molecular complexity index is 598. The summed E-state index contributed by atoms with van der Waals surface area (Å²) >= 11 is 0. The van der Waals surface area contributed by atoms with Gasteiger partial charge >= 0.3 is 0 Å². The average Bonchev–Trinajstić information content (AvgIpc) is 3.18.